The Labute approximate surface area is 166 Å². The summed E-state index contributed by atoms with van der Waals surface area (Å²) in [4.78, 5) is 15.0. The third kappa shape index (κ3) is 4.20. The molecule has 0 atom stereocenters. The molecule has 0 bridgehead atoms. The van der Waals surface area contributed by atoms with Crippen LogP contribution in [-0.4, -0.2) is 36.1 Å². The number of nitrogens with zero attached hydrogens (tertiary/aromatic N) is 2. The molecule has 1 saturated heterocycles. The highest BCUT2D eigenvalue weighted by Gasteiger charge is 2.21. The van der Waals surface area contributed by atoms with Gasteiger partial charge in [-0.3, -0.25) is 4.79 Å². The number of nitrogens with one attached hydrogen (secondary N) is 1. The second-order valence-electron chi connectivity index (χ2n) is 8.13. The molecule has 28 heavy (non-hydrogen) atoms. The Morgan fingerprint density at radius 2 is 2.04 bits per heavy atom. The van der Waals surface area contributed by atoms with Gasteiger partial charge in [0.05, 0.1) is 0 Å². The normalized spacial score (nSPS) is 18.7. The van der Waals surface area contributed by atoms with Crippen molar-refractivity contribution in [3.63, 3.8) is 0 Å². The molecule has 1 aliphatic heterocycles. The van der Waals surface area contributed by atoms with Crippen molar-refractivity contribution in [1.82, 2.24) is 10.1 Å². The first-order valence-electron chi connectivity index (χ1n) is 10.4. The van der Waals surface area contributed by atoms with Gasteiger partial charge in [0, 0.05) is 17.3 Å². The molecule has 1 aliphatic carbocycles. The van der Waals surface area contributed by atoms with Gasteiger partial charge in [0.15, 0.2) is 5.69 Å². The van der Waals surface area contributed by atoms with E-state index < -0.39 is 0 Å². The molecule has 1 N–H and O–H groups in total. The maximum atomic E-state index is 12.6. The van der Waals surface area contributed by atoms with E-state index in [1.54, 1.807) is 13.0 Å². The summed E-state index contributed by atoms with van der Waals surface area (Å²) in [6, 6.07) is 8.24. The van der Waals surface area contributed by atoms with Crippen LogP contribution < -0.4 is 5.32 Å². The number of hydrogen-bond acceptors (Lipinski definition) is 4. The van der Waals surface area contributed by atoms with Crippen LogP contribution in [0.3, 0.4) is 0 Å². The molecule has 5 heteroatoms. The van der Waals surface area contributed by atoms with Crippen molar-refractivity contribution < 1.29 is 9.32 Å². The molecule has 148 valence electrons. The summed E-state index contributed by atoms with van der Waals surface area (Å²) in [6.07, 6.45) is 9.37. The Morgan fingerprint density at radius 1 is 1.21 bits per heavy atom. The highest BCUT2D eigenvalue weighted by atomic mass is 16.5. The Kier molecular flexibility index (Phi) is 5.62. The topological polar surface area (TPSA) is 58.4 Å². The van der Waals surface area contributed by atoms with Crippen LogP contribution >= 0.6 is 0 Å². The van der Waals surface area contributed by atoms with Crippen LogP contribution in [0.15, 0.2) is 34.9 Å². The third-order valence-corrected chi connectivity index (χ3v) is 5.98. The van der Waals surface area contributed by atoms with Crippen LogP contribution in [0.25, 0.3) is 5.57 Å². The van der Waals surface area contributed by atoms with Gasteiger partial charge >= 0.3 is 0 Å². The van der Waals surface area contributed by atoms with Gasteiger partial charge in [-0.25, -0.2) is 0 Å². The zero-order chi connectivity index (χ0) is 19.5. The minimum Gasteiger partial charge on any atom is -0.361 e. The van der Waals surface area contributed by atoms with E-state index in [1.807, 2.05) is 0 Å². The fourth-order valence-electron chi connectivity index (χ4n) is 4.27. The number of carbonyl (C=O) groups excluding carboxylic acids is 1. The van der Waals surface area contributed by atoms with Crippen molar-refractivity contribution in [1.29, 1.82) is 0 Å². The molecule has 1 aromatic carbocycles. The summed E-state index contributed by atoms with van der Waals surface area (Å²) >= 11 is 0. The molecule has 2 heterocycles. The molecule has 0 radical (unpaired) electrons. The zero-order valence-electron chi connectivity index (χ0n) is 16.8. The number of hydrogen-bond donors (Lipinski definition) is 1. The largest absolute Gasteiger partial charge is 0.361 e. The second kappa shape index (κ2) is 8.31. The zero-order valence-corrected chi connectivity index (χ0v) is 16.8. The molecule has 2 aromatic rings. The number of amides is 1. The molecule has 5 nitrogen and oxygen atoms in total. The second-order valence-corrected chi connectivity index (χ2v) is 8.13. The molecule has 1 fully saturated rings. The van der Waals surface area contributed by atoms with Gasteiger partial charge in [0.1, 0.15) is 5.76 Å². The van der Waals surface area contributed by atoms with Crippen LogP contribution in [-0.2, 0) is 0 Å². The van der Waals surface area contributed by atoms with Crippen molar-refractivity contribution in [2.45, 2.75) is 51.4 Å². The fourth-order valence-corrected chi connectivity index (χ4v) is 4.27. The highest BCUT2D eigenvalue weighted by Crippen LogP contribution is 2.36. The lowest BCUT2D eigenvalue weighted by Gasteiger charge is -2.30. The van der Waals surface area contributed by atoms with E-state index in [9.17, 15) is 4.79 Å². The van der Waals surface area contributed by atoms with Crippen molar-refractivity contribution in [3.8, 4) is 0 Å². The van der Waals surface area contributed by atoms with Crippen LogP contribution in [0, 0.1) is 6.92 Å². The first-order valence-corrected chi connectivity index (χ1v) is 10.4. The molecule has 0 unspecified atom stereocenters. The number of aryl methyl sites for hydroxylation is 1. The van der Waals surface area contributed by atoms with Gasteiger partial charge in [0.2, 0.25) is 0 Å². The number of allylic oxidation sites excluding steroid dienone is 2. The lowest BCUT2D eigenvalue weighted by molar-refractivity contribution is 0.101. The summed E-state index contributed by atoms with van der Waals surface area (Å²) in [6.45, 7) is 4.08. The summed E-state index contributed by atoms with van der Waals surface area (Å²) in [5, 5.41) is 6.91. The van der Waals surface area contributed by atoms with Crippen LogP contribution in [0.5, 0.6) is 0 Å². The van der Waals surface area contributed by atoms with E-state index in [0.29, 0.717) is 17.4 Å². The smallest absolute Gasteiger partial charge is 0.277 e. The number of aromatic nitrogens is 1. The van der Waals surface area contributed by atoms with E-state index in [2.05, 4.69) is 46.7 Å². The minimum absolute atomic E-state index is 0.221. The Morgan fingerprint density at radius 3 is 2.71 bits per heavy atom. The van der Waals surface area contributed by atoms with Gasteiger partial charge in [-0.15, -0.1) is 0 Å². The lowest BCUT2D eigenvalue weighted by atomic mass is 9.85. The van der Waals surface area contributed by atoms with Gasteiger partial charge in [-0.2, -0.15) is 0 Å². The number of piperidine rings is 1. The van der Waals surface area contributed by atoms with Gasteiger partial charge in [0.25, 0.3) is 5.91 Å². The van der Waals surface area contributed by atoms with E-state index in [4.69, 9.17) is 4.52 Å². The Bertz CT molecular complexity index is 876. The monoisotopic (exact) mass is 379 g/mol. The highest BCUT2D eigenvalue weighted by molar-refractivity contribution is 6.04. The van der Waals surface area contributed by atoms with Crippen LogP contribution in [0.4, 0.5) is 5.69 Å². The molecule has 1 aromatic heterocycles. The minimum atomic E-state index is -0.221. The number of carbonyl (C=O) groups is 1. The first kappa shape index (κ1) is 18.9. The van der Waals surface area contributed by atoms with Gasteiger partial charge in [-0.05, 0) is 94.8 Å². The summed E-state index contributed by atoms with van der Waals surface area (Å²) in [7, 11) is 2.19. The number of rotatable bonds is 4. The van der Waals surface area contributed by atoms with E-state index in [1.165, 1.54) is 42.4 Å². The Hall–Kier alpha value is -2.40. The molecule has 4 rings (SSSR count). The molecule has 1 amide bonds. The van der Waals surface area contributed by atoms with E-state index >= 15 is 0 Å². The predicted octanol–water partition coefficient (Wildman–Crippen LogP) is 5.00. The molecule has 2 aliphatic rings. The average Bonchev–Trinajstić information content (AvgIpc) is 3.16. The van der Waals surface area contributed by atoms with Crippen molar-refractivity contribution in [2.24, 2.45) is 0 Å². The van der Waals surface area contributed by atoms with Gasteiger partial charge < -0.3 is 14.7 Å². The third-order valence-electron chi connectivity index (χ3n) is 5.98. The fraction of sp³-hybridized carbons (Fsp3) is 0.478. The predicted molar refractivity (Wildman–Crippen MR) is 112 cm³/mol. The van der Waals surface area contributed by atoms with Crippen molar-refractivity contribution >= 4 is 17.2 Å². The number of anilines is 1. The quantitative estimate of drug-likeness (QED) is 0.812. The first-order chi connectivity index (χ1) is 13.6. The maximum absolute atomic E-state index is 12.6. The SMILES string of the molecule is Cc1cc(C(=O)Nc2ccc(C3CCN(C)CC3)cc2C2=CCCCC2)no1. The van der Waals surface area contributed by atoms with Crippen molar-refractivity contribution in [2.75, 3.05) is 25.5 Å². The average molecular weight is 380 g/mol. The molecule has 0 saturated carbocycles. The number of benzene rings is 1. The summed E-state index contributed by atoms with van der Waals surface area (Å²) in [5.41, 5.74) is 5.11. The summed E-state index contributed by atoms with van der Waals surface area (Å²) in [5.74, 6) is 1.02. The van der Waals surface area contributed by atoms with E-state index in [-0.39, 0.29) is 5.91 Å². The van der Waals surface area contributed by atoms with E-state index in [0.717, 1.165) is 31.6 Å². The molecule has 0 spiro atoms. The standard InChI is InChI=1S/C23H29N3O2/c1-16-14-22(25-28-16)23(27)24-21-9-8-19(17-10-12-26(2)13-11-17)15-20(21)18-6-4-3-5-7-18/h6,8-9,14-15,17H,3-5,7,10-13H2,1-2H3,(H,24,27). The number of likely N-dealkylation sites (tertiary alicyclic amines) is 1. The molecular formula is C23H29N3O2. The molecular weight excluding hydrogens is 350 g/mol. The Balaban J connectivity index is 1.63. The lowest BCUT2D eigenvalue weighted by Crippen LogP contribution is -2.29. The van der Waals surface area contributed by atoms with Gasteiger partial charge in [-0.1, -0.05) is 17.3 Å². The summed E-state index contributed by atoms with van der Waals surface area (Å²) < 4.78 is 5.05. The maximum Gasteiger partial charge on any atom is 0.277 e. The van der Waals surface area contributed by atoms with Crippen LogP contribution in [0.1, 0.15) is 71.8 Å². The van der Waals surface area contributed by atoms with Crippen LogP contribution in [0.2, 0.25) is 0 Å². The van der Waals surface area contributed by atoms with Crippen molar-refractivity contribution in [3.05, 3.63) is 52.9 Å².